The molecule has 2 amide bonds. The van der Waals surface area contributed by atoms with Crippen molar-refractivity contribution in [2.24, 2.45) is 11.7 Å². The molecule has 0 aliphatic carbocycles. The molecule has 1 unspecified atom stereocenters. The number of nitrogens with one attached hydrogen (secondary N) is 2. The fourth-order valence-electron chi connectivity index (χ4n) is 4.26. The molecule has 13 heteroatoms. The molecule has 1 aliphatic rings. The van der Waals surface area contributed by atoms with Gasteiger partial charge in [0.15, 0.2) is 17.0 Å². The summed E-state index contributed by atoms with van der Waals surface area (Å²) in [5.41, 5.74) is 7.26. The SMILES string of the molecule is COC(=O)C(Nc1cc(Br)ccc1CNC(=O)[C@@H]1SCCN1C(=O)C[C@H](N)Cc1cc(F)c(F)cc1F)C(C)C. The van der Waals surface area contributed by atoms with Crippen LogP contribution in [0.1, 0.15) is 31.4 Å². The number of hydrogen-bond donors (Lipinski definition) is 3. The summed E-state index contributed by atoms with van der Waals surface area (Å²) in [6, 6.07) is 5.14. The zero-order chi connectivity index (χ0) is 29.6. The second-order valence-electron chi connectivity index (χ2n) is 9.74. The molecule has 218 valence electrons. The van der Waals surface area contributed by atoms with Gasteiger partial charge in [0, 0.05) is 47.5 Å². The molecule has 0 spiro atoms. The van der Waals surface area contributed by atoms with Gasteiger partial charge < -0.3 is 26.0 Å². The summed E-state index contributed by atoms with van der Waals surface area (Å²) in [6.45, 7) is 4.23. The maximum Gasteiger partial charge on any atom is 0.328 e. The summed E-state index contributed by atoms with van der Waals surface area (Å²) in [5.74, 6) is -4.15. The van der Waals surface area contributed by atoms with E-state index in [4.69, 9.17) is 10.5 Å². The molecule has 8 nitrogen and oxygen atoms in total. The van der Waals surface area contributed by atoms with Gasteiger partial charge in [-0.05, 0) is 41.7 Å². The number of carbonyl (C=O) groups is 3. The van der Waals surface area contributed by atoms with Crippen molar-refractivity contribution in [2.75, 3.05) is 24.7 Å². The van der Waals surface area contributed by atoms with Crippen LogP contribution in [0.2, 0.25) is 0 Å². The van der Waals surface area contributed by atoms with Crippen LogP contribution in [-0.2, 0) is 32.1 Å². The number of halogens is 4. The number of rotatable bonds is 11. The maximum atomic E-state index is 14.0. The van der Waals surface area contributed by atoms with Gasteiger partial charge in [-0.25, -0.2) is 18.0 Å². The lowest BCUT2D eigenvalue weighted by Gasteiger charge is -2.25. The standard InChI is InChI=1S/C27H32BrF3N4O4S/c1-14(2)24(27(38)39-3)34-22-10-17(28)5-4-15(22)13-33-25(37)26-35(6-7-40-26)23(36)11-18(32)8-16-9-20(30)21(31)12-19(16)29/h4-5,9-10,12,14,18,24,26,34H,6-8,11,13,32H2,1-3H3,(H,33,37)/t18-,24?,26+/m1/s1. The third-order valence-corrected chi connectivity index (χ3v) is 8.10. The maximum absolute atomic E-state index is 14.0. The van der Waals surface area contributed by atoms with Crippen molar-refractivity contribution < 1.29 is 32.3 Å². The number of anilines is 1. The van der Waals surface area contributed by atoms with Gasteiger partial charge >= 0.3 is 5.97 Å². The normalized spacial score (nSPS) is 16.5. The predicted molar refractivity (Wildman–Crippen MR) is 151 cm³/mol. The number of nitrogens with zero attached hydrogens (tertiary/aromatic N) is 1. The lowest BCUT2D eigenvalue weighted by atomic mass is 10.0. The van der Waals surface area contributed by atoms with Gasteiger partial charge in [-0.1, -0.05) is 35.8 Å². The van der Waals surface area contributed by atoms with Gasteiger partial charge in [0.25, 0.3) is 5.91 Å². The number of esters is 1. The second-order valence-corrected chi connectivity index (χ2v) is 11.8. The fraction of sp³-hybridized carbons (Fsp3) is 0.444. The Morgan fingerprint density at radius 1 is 1.12 bits per heavy atom. The molecule has 0 saturated carbocycles. The topological polar surface area (TPSA) is 114 Å². The number of thioether (sulfide) groups is 1. The van der Waals surface area contributed by atoms with E-state index in [2.05, 4.69) is 26.6 Å². The Labute approximate surface area is 243 Å². The monoisotopic (exact) mass is 644 g/mol. The molecule has 3 atom stereocenters. The van der Waals surface area contributed by atoms with Crippen molar-refractivity contribution in [3.8, 4) is 0 Å². The molecule has 1 saturated heterocycles. The van der Waals surface area contributed by atoms with Crippen molar-refractivity contribution >= 4 is 51.2 Å². The van der Waals surface area contributed by atoms with E-state index >= 15 is 0 Å². The van der Waals surface area contributed by atoms with E-state index < -0.39 is 46.8 Å². The number of amides is 2. The van der Waals surface area contributed by atoms with Crippen LogP contribution in [0.15, 0.2) is 34.8 Å². The zero-order valence-corrected chi connectivity index (χ0v) is 24.7. The fourth-order valence-corrected chi connectivity index (χ4v) is 5.78. The van der Waals surface area contributed by atoms with Crippen molar-refractivity contribution in [3.63, 3.8) is 0 Å². The molecule has 0 bridgehead atoms. The zero-order valence-electron chi connectivity index (χ0n) is 22.3. The van der Waals surface area contributed by atoms with E-state index in [1.807, 2.05) is 26.0 Å². The highest BCUT2D eigenvalue weighted by molar-refractivity contribution is 9.10. The van der Waals surface area contributed by atoms with E-state index in [0.29, 0.717) is 24.1 Å². The summed E-state index contributed by atoms with van der Waals surface area (Å²) in [7, 11) is 1.32. The molecular formula is C27H32BrF3N4O4S. The van der Waals surface area contributed by atoms with Crippen LogP contribution in [0.5, 0.6) is 0 Å². The van der Waals surface area contributed by atoms with Crippen LogP contribution in [-0.4, -0.2) is 59.5 Å². The Balaban J connectivity index is 1.63. The summed E-state index contributed by atoms with van der Waals surface area (Å²) in [5, 5.41) is 5.27. The van der Waals surface area contributed by atoms with Crippen LogP contribution in [0.3, 0.4) is 0 Å². The molecule has 0 radical (unpaired) electrons. The van der Waals surface area contributed by atoms with Gasteiger partial charge in [0.2, 0.25) is 5.91 Å². The van der Waals surface area contributed by atoms with Gasteiger partial charge in [-0.3, -0.25) is 9.59 Å². The first-order valence-corrected chi connectivity index (χ1v) is 14.5. The molecule has 2 aromatic rings. The summed E-state index contributed by atoms with van der Waals surface area (Å²) in [6.07, 6.45) is -0.372. The van der Waals surface area contributed by atoms with Gasteiger partial charge in [0.1, 0.15) is 11.9 Å². The van der Waals surface area contributed by atoms with Crippen molar-refractivity contribution in [2.45, 2.75) is 50.7 Å². The number of carbonyl (C=O) groups excluding carboxylic acids is 3. The van der Waals surface area contributed by atoms with Gasteiger partial charge in [-0.2, -0.15) is 0 Å². The average Bonchev–Trinajstić information content (AvgIpc) is 3.39. The number of benzene rings is 2. The minimum absolute atomic E-state index is 0.0618. The number of hydrogen-bond acceptors (Lipinski definition) is 7. The third-order valence-electron chi connectivity index (χ3n) is 6.40. The van der Waals surface area contributed by atoms with Crippen LogP contribution in [0, 0.1) is 23.4 Å². The number of ether oxygens (including phenoxy) is 1. The minimum atomic E-state index is -1.30. The van der Waals surface area contributed by atoms with Crippen molar-refractivity contribution in [1.82, 2.24) is 10.2 Å². The highest BCUT2D eigenvalue weighted by Crippen LogP contribution is 2.27. The summed E-state index contributed by atoms with van der Waals surface area (Å²) < 4.78 is 46.4. The van der Waals surface area contributed by atoms with Gasteiger partial charge in [0.05, 0.1) is 7.11 Å². The van der Waals surface area contributed by atoms with Gasteiger partial charge in [-0.15, -0.1) is 11.8 Å². The first kappa shape index (κ1) is 31.8. The minimum Gasteiger partial charge on any atom is -0.467 e. The van der Waals surface area contributed by atoms with Crippen LogP contribution in [0.4, 0.5) is 18.9 Å². The van der Waals surface area contributed by atoms with E-state index in [1.165, 1.54) is 23.8 Å². The van der Waals surface area contributed by atoms with Crippen molar-refractivity contribution in [3.05, 3.63) is 63.4 Å². The lowest BCUT2D eigenvalue weighted by molar-refractivity contribution is -0.142. The quantitative estimate of drug-likeness (QED) is 0.251. The Morgan fingerprint density at radius 2 is 1.82 bits per heavy atom. The first-order valence-electron chi connectivity index (χ1n) is 12.6. The van der Waals surface area contributed by atoms with Crippen LogP contribution < -0.4 is 16.4 Å². The molecule has 0 aromatic heterocycles. The average molecular weight is 646 g/mol. The van der Waals surface area contributed by atoms with E-state index in [0.717, 1.165) is 16.1 Å². The van der Waals surface area contributed by atoms with E-state index in [9.17, 15) is 27.6 Å². The highest BCUT2D eigenvalue weighted by atomic mass is 79.9. The summed E-state index contributed by atoms with van der Waals surface area (Å²) >= 11 is 4.73. The number of nitrogens with two attached hydrogens (primary N) is 1. The molecule has 2 aromatic carbocycles. The van der Waals surface area contributed by atoms with Crippen molar-refractivity contribution in [1.29, 1.82) is 0 Å². The van der Waals surface area contributed by atoms with E-state index in [1.54, 1.807) is 6.07 Å². The van der Waals surface area contributed by atoms with E-state index in [-0.39, 0.29) is 36.8 Å². The Morgan fingerprint density at radius 3 is 2.50 bits per heavy atom. The van der Waals surface area contributed by atoms with Crippen LogP contribution in [0.25, 0.3) is 0 Å². The predicted octanol–water partition coefficient (Wildman–Crippen LogP) is 3.95. The smallest absolute Gasteiger partial charge is 0.328 e. The molecule has 1 fully saturated rings. The molecular weight excluding hydrogens is 613 g/mol. The third kappa shape index (κ3) is 8.14. The molecule has 40 heavy (non-hydrogen) atoms. The molecule has 4 N–H and O–H groups in total. The Bertz CT molecular complexity index is 1250. The number of methoxy groups -OCH3 is 1. The second kappa shape index (κ2) is 14.2. The lowest BCUT2D eigenvalue weighted by Crippen LogP contribution is -2.46. The van der Waals surface area contributed by atoms with Crippen LogP contribution >= 0.6 is 27.7 Å². The molecule has 3 rings (SSSR count). The Hall–Kier alpha value is -2.77. The first-order chi connectivity index (χ1) is 18.9. The molecule has 1 aliphatic heterocycles. The molecule has 1 heterocycles. The summed E-state index contributed by atoms with van der Waals surface area (Å²) in [4.78, 5) is 39.7. The Kier molecular flexibility index (Phi) is 11.3. The highest BCUT2D eigenvalue weighted by Gasteiger charge is 2.35. The largest absolute Gasteiger partial charge is 0.467 e.